The van der Waals surface area contributed by atoms with Crippen molar-refractivity contribution in [2.75, 3.05) is 18.2 Å². The lowest BCUT2D eigenvalue weighted by molar-refractivity contribution is -0.113. The van der Waals surface area contributed by atoms with E-state index in [4.69, 9.17) is 4.74 Å². The van der Waals surface area contributed by atoms with E-state index >= 15 is 0 Å². The van der Waals surface area contributed by atoms with Crippen LogP contribution in [-0.2, 0) is 4.79 Å². The van der Waals surface area contributed by atoms with Crippen molar-refractivity contribution in [2.24, 2.45) is 5.92 Å². The number of rotatable bonds is 7. The van der Waals surface area contributed by atoms with Crippen molar-refractivity contribution in [3.63, 3.8) is 0 Å². The number of benzene rings is 2. The maximum absolute atomic E-state index is 12.8. The van der Waals surface area contributed by atoms with Gasteiger partial charge in [0.25, 0.3) is 5.91 Å². The van der Waals surface area contributed by atoms with Crippen molar-refractivity contribution in [3.8, 4) is 5.75 Å². The number of hydrogen-bond acceptors (Lipinski definition) is 4. The van der Waals surface area contributed by atoms with Crippen LogP contribution in [0, 0.1) is 5.92 Å². The SMILES string of the molecule is COc1cccc(NC(=O)CSc2ccccc2C(=O)NC2CCCCC2C)c1. The highest BCUT2D eigenvalue weighted by molar-refractivity contribution is 8.00. The van der Waals surface area contributed by atoms with Crippen LogP contribution >= 0.6 is 11.8 Å². The number of nitrogens with one attached hydrogen (secondary N) is 2. The predicted molar refractivity (Wildman–Crippen MR) is 118 cm³/mol. The molecular weight excluding hydrogens is 384 g/mol. The molecule has 0 aromatic heterocycles. The van der Waals surface area contributed by atoms with Crippen molar-refractivity contribution >= 4 is 29.3 Å². The number of carbonyl (C=O) groups is 2. The lowest BCUT2D eigenvalue weighted by atomic mass is 9.86. The predicted octanol–water partition coefficient (Wildman–Crippen LogP) is 4.73. The number of hydrogen-bond donors (Lipinski definition) is 2. The zero-order valence-corrected chi connectivity index (χ0v) is 17.8. The standard InChI is InChI=1S/C23H28N2O3S/c1-16-8-3-5-12-20(16)25-23(27)19-11-4-6-13-21(19)29-15-22(26)24-17-9-7-10-18(14-17)28-2/h4,6-7,9-11,13-14,16,20H,3,5,8,12,15H2,1-2H3,(H,24,26)(H,25,27). The fourth-order valence-corrected chi connectivity index (χ4v) is 4.45. The molecule has 1 fully saturated rings. The van der Waals surface area contributed by atoms with E-state index in [9.17, 15) is 9.59 Å². The summed E-state index contributed by atoms with van der Waals surface area (Å²) in [5.74, 6) is 1.23. The third-order valence-corrected chi connectivity index (χ3v) is 6.35. The molecule has 2 aromatic rings. The lowest BCUT2D eigenvalue weighted by Gasteiger charge is -2.29. The highest BCUT2D eigenvalue weighted by atomic mass is 32.2. The largest absolute Gasteiger partial charge is 0.497 e. The Hall–Kier alpha value is -2.47. The summed E-state index contributed by atoms with van der Waals surface area (Å²) in [6.45, 7) is 2.20. The number of carbonyl (C=O) groups excluding carboxylic acids is 2. The molecular formula is C23H28N2O3S. The summed E-state index contributed by atoms with van der Waals surface area (Å²) >= 11 is 1.37. The molecule has 29 heavy (non-hydrogen) atoms. The molecule has 1 aliphatic rings. The van der Waals surface area contributed by atoms with Crippen LogP contribution < -0.4 is 15.4 Å². The molecule has 2 N–H and O–H groups in total. The van der Waals surface area contributed by atoms with Crippen LogP contribution in [0.5, 0.6) is 5.75 Å². The summed E-state index contributed by atoms with van der Waals surface area (Å²) in [5, 5.41) is 6.07. The molecule has 2 aromatic carbocycles. The number of methoxy groups -OCH3 is 1. The van der Waals surface area contributed by atoms with E-state index in [-0.39, 0.29) is 23.6 Å². The number of thioether (sulfide) groups is 1. The van der Waals surface area contributed by atoms with Crippen LogP contribution in [0.25, 0.3) is 0 Å². The molecule has 154 valence electrons. The molecule has 2 atom stereocenters. The van der Waals surface area contributed by atoms with Gasteiger partial charge in [-0.15, -0.1) is 11.8 Å². The molecule has 0 aliphatic heterocycles. The number of ether oxygens (including phenoxy) is 1. The van der Waals surface area contributed by atoms with Crippen LogP contribution in [0.2, 0.25) is 0 Å². The number of amides is 2. The van der Waals surface area contributed by atoms with E-state index in [1.807, 2.05) is 42.5 Å². The first-order chi connectivity index (χ1) is 14.1. The molecule has 0 bridgehead atoms. The Morgan fingerprint density at radius 3 is 2.69 bits per heavy atom. The molecule has 0 heterocycles. The molecule has 2 unspecified atom stereocenters. The van der Waals surface area contributed by atoms with E-state index in [2.05, 4.69) is 17.6 Å². The van der Waals surface area contributed by atoms with Gasteiger partial charge in [0.15, 0.2) is 0 Å². The third-order valence-electron chi connectivity index (χ3n) is 5.27. The van der Waals surface area contributed by atoms with Crippen molar-refractivity contribution in [2.45, 2.75) is 43.5 Å². The first-order valence-electron chi connectivity index (χ1n) is 10.0. The van der Waals surface area contributed by atoms with Gasteiger partial charge in [0.05, 0.1) is 18.4 Å². The first kappa shape index (κ1) is 21.2. The maximum Gasteiger partial charge on any atom is 0.252 e. The van der Waals surface area contributed by atoms with Crippen molar-refractivity contribution in [1.82, 2.24) is 5.32 Å². The quantitative estimate of drug-likeness (QED) is 0.645. The minimum atomic E-state index is -0.126. The van der Waals surface area contributed by atoms with E-state index in [0.717, 1.165) is 24.2 Å². The van der Waals surface area contributed by atoms with Gasteiger partial charge in [0, 0.05) is 22.7 Å². The summed E-state index contributed by atoms with van der Waals surface area (Å²) in [4.78, 5) is 26.0. The molecule has 6 heteroatoms. The Kier molecular flexibility index (Phi) is 7.58. The maximum atomic E-state index is 12.8. The van der Waals surface area contributed by atoms with Crippen molar-refractivity contribution in [3.05, 3.63) is 54.1 Å². The summed E-state index contributed by atoms with van der Waals surface area (Å²) in [7, 11) is 1.59. The molecule has 0 spiro atoms. The molecule has 1 saturated carbocycles. The van der Waals surface area contributed by atoms with Crippen LogP contribution in [0.4, 0.5) is 5.69 Å². The Labute approximate surface area is 176 Å². The molecule has 5 nitrogen and oxygen atoms in total. The highest BCUT2D eigenvalue weighted by Crippen LogP contribution is 2.26. The van der Waals surface area contributed by atoms with Crippen molar-refractivity contribution in [1.29, 1.82) is 0 Å². The van der Waals surface area contributed by atoms with Crippen LogP contribution in [0.3, 0.4) is 0 Å². The lowest BCUT2D eigenvalue weighted by Crippen LogP contribution is -2.41. The van der Waals surface area contributed by atoms with Gasteiger partial charge < -0.3 is 15.4 Å². The minimum absolute atomic E-state index is 0.0555. The molecule has 0 saturated heterocycles. The van der Waals surface area contributed by atoms with Gasteiger partial charge in [-0.2, -0.15) is 0 Å². The van der Waals surface area contributed by atoms with Gasteiger partial charge in [-0.3, -0.25) is 9.59 Å². The van der Waals surface area contributed by atoms with Gasteiger partial charge in [0.1, 0.15) is 5.75 Å². The normalized spacial score (nSPS) is 18.7. The van der Waals surface area contributed by atoms with E-state index in [1.54, 1.807) is 13.2 Å². The zero-order chi connectivity index (χ0) is 20.6. The third kappa shape index (κ3) is 6.00. The minimum Gasteiger partial charge on any atom is -0.497 e. The monoisotopic (exact) mass is 412 g/mol. The van der Waals surface area contributed by atoms with Crippen molar-refractivity contribution < 1.29 is 14.3 Å². The fraction of sp³-hybridized carbons (Fsp3) is 0.391. The Balaban J connectivity index is 1.59. The Morgan fingerprint density at radius 2 is 1.90 bits per heavy atom. The van der Waals surface area contributed by atoms with Crippen LogP contribution in [0.1, 0.15) is 43.0 Å². The molecule has 1 aliphatic carbocycles. The van der Waals surface area contributed by atoms with Gasteiger partial charge in [-0.25, -0.2) is 0 Å². The molecule has 2 amide bonds. The highest BCUT2D eigenvalue weighted by Gasteiger charge is 2.24. The number of anilines is 1. The topological polar surface area (TPSA) is 67.4 Å². The summed E-state index contributed by atoms with van der Waals surface area (Å²) in [6.07, 6.45) is 4.59. The Morgan fingerprint density at radius 1 is 1.10 bits per heavy atom. The van der Waals surface area contributed by atoms with Gasteiger partial charge >= 0.3 is 0 Å². The van der Waals surface area contributed by atoms with E-state index in [1.165, 1.54) is 18.2 Å². The summed E-state index contributed by atoms with van der Waals surface area (Å²) in [6, 6.07) is 14.9. The second-order valence-corrected chi connectivity index (χ2v) is 8.42. The van der Waals surface area contributed by atoms with E-state index in [0.29, 0.717) is 22.9 Å². The second-order valence-electron chi connectivity index (χ2n) is 7.41. The smallest absolute Gasteiger partial charge is 0.252 e. The Bertz CT molecular complexity index is 856. The van der Waals surface area contributed by atoms with Crippen LogP contribution in [-0.4, -0.2) is 30.7 Å². The summed E-state index contributed by atoms with van der Waals surface area (Å²) in [5.41, 5.74) is 1.32. The molecule has 3 rings (SSSR count). The second kappa shape index (κ2) is 10.3. The van der Waals surface area contributed by atoms with Gasteiger partial charge in [-0.1, -0.05) is 38.0 Å². The fourth-order valence-electron chi connectivity index (χ4n) is 3.60. The van der Waals surface area contributed by atoms with Gasteiger partial charge in [-0.05, 0) is 43.0 Å². The summed E-state index contributed by atoms with van der Waals surface area (Å²) < 4.78 is 5.18. The molecule has 0 radical (unpaired) electrons. The van der Waals surface area contributed by atoms with Gasteiger partial charge in [0.2, 0.25) is 5.91 Å². The van der Waals surface area contributed by atoms with E-state index < -0.39 is 0 Å². The average molecular weight is 413 g/mol. The first-order valence-corrected chi connectivity index (χ1v) is 11.0. The average Bonchev–Trinajstić information content (AvgIpc) is 2.74. The zero-order valence-electron chi connectivity index (χ0n) is 16.9. The van der Waals surface area contributed by atoms with Crippen LogP contribution in [0.15, 0.2) is 53.4 Å².